The van der Waals surface area contributed by atoms with Crippen LogP contribution in [0.2, 0.25) is 0 Å². The zero-order chi connectivity index (χ0) is 17.1. The van der Waals surface area contributed by atoms with Crippen LogP contribution in [0.1, 0.15) is 6.92 Å². The second-order valence-corrected chi connectivity index (χ2v) is 5.07. The first-order chi connectivity index (χ1) is 10.0. The lowest BCUT2D eigenvalue weighted by atomic mass is 10.2. The van der Waals surface area contributed by atoms with Gasteiger partial charge in [0.25, 0.3) is 5.91 Å². The van der Waals surface area contributed by atoms with E-state index < -0.39 is 30.1 Å². The van der Waals surface area contributed by atoms with Gasteiger partial charge in [-0.1, -0.05) is 11.8 Å². The van der Waals surface area contributed by atoms with Crippen LogP contribution < -0.4 is 5.32 Å². The largest absolute Gasteiger partial charge is 0.455 e. The van der Waals surface area contributed by atoms with Crippen molar-refractivity contribution in [3.8, 4) is 6.07 Å². The van der Waals surface area contributed by atoms with Crippen molar-refractivity contribution in [2.45, 2.75) is 19.0 Å². The van der Waals surface area contributed by atoms with Crippen LogP contribution in [-0.4, -0.2) is 47.7 Å². The molecule has 0 saturated carbocycles. The Hall–Kier alpha value is -1.83. The Labute approximate surface area is 126 Å². The molecule has 0 aliphatic carbocycles. The molecule has 1 aliphatic rings. The first kappa shape index (κ1) is 18.2. The maximum atomic E-state index is 12.7. The number of carbonyl (C=O) groups excluding carboxylic acids is 2. The monoisotopic (exact) mass is 343 g/mol. The topological polar surface area (TPSA) is 73.2 Å². The fourth-order valence-electron chi connectivity index (χ4n) is 1.50. The highest BCUT2D eigenvalue weighted by Gasteiger charge is 2.57. The molecule has 0 radical (unpaired) electrons. The molecule has 1 rings (SSSR count). The van der Waals surface area contributed by atoms with Gasteiger partial charge in [0, 0.05) is 6.54 Å². The molecule has 0 unspecified atom stereocenters. The van der Waals surface area contributed by atoms with Gasteiger partial charge in [-0.05, 0) is 6.92 Å². The molecule has 122 valence electrons. The molecule has 0 spiro atoms. The standard InChI is InChI=1S/C11H10F5N3O2S/c1-2-19-7(20)4-22-9(19)6(3-17)8(21)18-5-10(12,13)11(14,15)16/h2,4-5H2,1H3,(H,18,21)/b9-6-. The number of alkyl halides is 5. The Kier molecular flexibility index (Phi) is 5.39. The van der Waals surface area contributed by atoms with Gasteiger partial charge < -0.3 is 10.2 Å². The second kappa shape index (κ2) is 6.51. The van der Waals surface area contributed by atoms with E-state index in [0.717, 1.165) is 16.7 Å². The van der Waals surface area contributed by atoms with Crippen LogP contribution in [-0.2, 0) is 9.59 Å². The maximum Gasteiger partial charge on any atom is 0.455 e. The number of nitrogens with one attached hydrogen (secondary N) is 1. The summed E-state index contributed by atoms with van der Waals surface area (Å²) in [5.41, 5.74) is -0.671. The number of amides is 2. The summed E-state index contributed by atoms with van der Waals surface area (Å²) in [6.45, 7) is -0.286. The van der Waals surface area contributed by atoms with Gasteiger partial charge >= 0.3 is 12.1 Å². The third-order valence-corrected chi connectivity index (χ3v) is 3.72. The Balaban J connectivity index is 2.92. The van der Waals surface area contributed by atoms with E-state index in [9.17, 15) is 31.5 Å². The van der Waals surface area contributed by atoms with Gasteiger partial charge in [-0.2, -0.15) is 27.2 Å². The summed E-state index contributed by atoms with van der Waals surface area (Å²) in [5.74, 6) is -6.93. The van der Waals surface area contributed by atoms with Crippen molar-refractivity contribution < 1.29 is 31.5 Å². The molecule has 0 bridgehead atoms. The van der Waals surface area contributed by atoms with Gasteiger partial charge in [0.1, 0.15) is 16.7 Å². The van der Waals surface area contributed by atoms with Crippen LogP contribution in [0.5, 0.6) is 0 Å². The molecule has 22 heavy (non-hydrogen) atoms. The Morgan fingerprint density at radius 2 is 2.00 bits per heavy atom. The minimum absolute atomic E-state index is 0.0413. The lowest BCUT2D eigenvalue weighted by Crippen LogP contribution is -2.47. The van der Waals surface area contributed by atoms with Crippen LogP contribution in [0.3, 0.4) is 0 Å². The molecular weight excluding hydrogens is 333 g/mol. The van der Waals surface area contributed by atoms with Gasteiger partial charge in [0.15, 0.2) is 0 Å². The van der Waals surface area contributed by atoms with E-state index in [-0.39, 0.29) is 23.2 Å². The normalized spacial score (nSPS) is 18.2. The number of nitrogens with zero attached hydrogens (tertiary/aromatic N) is 2. The van der Waals surface area contributed by atoms with Gasteiger partial charge in [0.2, 0.25) is 5.91 Å². The number of hydrogen-bond acceptors (Lipinski definition) is 4. The third-order valence-electron chi connectivity index (χ3n) is 2.63. The lowest BCUT2D eigenvalue weighted by molar-refractivity contribution is -0.278. The highest BCUT2D eigenvalue weighted by Crippen LogP contribution is 2.35. The number of carbonyl (C=O) groups is 2. The van der Waals surface area contributed by atoms with Crippen molar-refractivity contribution in [3.63, 3.8) is 0 Å². The van der Waals surface area contributed by atoms with E-state index in [1.54, 1.807) is 6.92 Å². The maximum absolute atomic E-state index is 12.7. The quantitative estimate of drug-likeness (QED) is 0.478. The van der Waals surface area contributed by atoms with Crippen molar-refractivity contribution in [2.75, 3.05) is 18.8 Å². The molecule has 5 nitrogen and oxygen atoms in total. The Morgan fingerprint density at radius 3 is 2.45 bits per heavy atom. The van der Waals surface area contributed by atoms with Gasteiger partial charge in [-0.3, -0.25) is 9.59 Å². The molecule has 1 fully saturated rings. The molecule has 0 aromatic rings. The van der Waals surface area contributed by atoms with E-state index in [1.807, 2.05) is 0 Å². The van der Waals surface area contributed by atoms with E-state index in [1.165, 1.54) is 11.4 Å². The summed E-state index contributed by atoms with van der Waals surface area (Å²) in [7, 11) is 0. The van der Waals surface area contributed by atoms with Crippen molar-refractivity contribution in [1.82, 2.24) is 10.2 Å². The van der Waals surface area contributed by atoms with Crippen LogP contribution >= 0.6 is 11.8 Å². The molecule has 2 amide bonds. The van der Waals surface area contributed by atoms with Crippen LogP contribution in [0.25, 0.3) is 0 Å². The predicted octanol–water partition coefficient (Wildman–Crippen LogP) is 1.63. The predicted molar refractivity (Wildman–Crippen MR) is 66.5 cm³/mol. The smallest absolute Gasteiger partial charge is 0.345 e. The molecule has 1 N–H and O–H groups in total. The highest BCUT2D eigenvalue weighted by atomic mass is 32.2. The van der Waals surface area contributed by atoms with E-state index in [4.69, 9.17) is 5.26 Å². The molecule has 0 atom stereocenters. The Morgan fingerprint density at radius 1 is 1.41 bits per heavy atom. The molecule has 0 aromatic carbocycles. The van der Waals surface area contributed by atoms with E-state index in [0.29, 0.717) is 0 Å². The van der Waals surface area contributed by atoms with E-state index in [2.05, 4.69) is 0 Å². The van der Waals surface area contributed by atoms with Crippen molar-refractivity contribution in [2.24, 2.45) is 0 Å². The summed E-state index contributed by atoms with van der Waals surface area (Å²) < 4.78 is 61.5. The average Bonchev–Trinajstić information content (AvgIpc) is 2.77. The zero-order valence-electron chi connectivity index (χ0n) is 11.1. The lowest BCUT2D eigenvalue weighted by Gasteiger charge is -2.20. The minimum Gasteiger partial charge on any atom is -0.345 e. The highest BCUT2D eigenvalue weighted by molar-refractivity contribution is 8.04. The summed E-state index contributed by atoms with van der Waals surface area (Å²) in [6.07, 6.45) is -5.81. The third kappa shape index (κ3) is 3.68. The average molecular weight is 343 g/mol. The molecular formula is C11H10F5N3O2S. The van der Waals surface area contributed by atoms with Crippen molar-refractivity contribution in [3.05, 3.63) is 10.6 Å². The minimum atomic E-state index is -5.81. The van der Waals surface area contributed by atoms with Crippen LogP contribution in [0.4, 0.5) is 22.0 Å². The number of hydrogen-bond donors (Lipinski definition) is 1. The number of halogens is 5. The van der Waals surface area contributed by atoms with E-state index >= 15 is 0 Å². The Bertz CT molecular complexity index is 553. The molecule has 11 heteroatoms. The summed E-state index contributed by atoms with van der Waals surface area (Å²) in [5, 5.41) is 10.2. The summed E-state index contributed by atoms with van der Waals surface area (Å²) >= 11 is 0.846. The molecule has 0 aromatic heterocycles. The van der Waals surface area contributed by atoms with Gasteiger partial charge in [-0.25, -0.2) is 0 Å². The summed E-state index contributed by atoms with van der Waals surface area (Å²) in [4.78, 5) is 24.2. The SMILES string of the molecule is CCN1C(=O)CS/C1=C(/C#N)C(=O)NCC(F)(F)C(F)(F)F. The summed E-state index contributed by atoms with van der Waals surface area (Å²) in [6, 6.07) is 1.43. The number of nitriles is 1. The zero-order valence-corrected chi connectivity index (χ0v) is 11.9. The van der Waals surface area contributed by atoms with Crippen molar-refractivity contribution in [1.29, 1.82) is 5.26 Å². The molecule has 1 saturated heterocycles. The van der Waals surface area contributed by atoms with Crippen LogP contribution in [0.15, 0.2) is 10.6 Å². The van der Waals surface area contributed by atoms with Crippen molar-refractivity contribution >= 4 is 23.6 Å². The number of rotatable bonds is 4. The molecule has 1 heterocycles. The molecule has 1 aliphatic heterocycles. The second-order valence-electron chi connectivity index (χ2n) is 4.10. The number of thioether (sulfide) groups is 1. The fraction of sp³-hybridized carbons (Fsp3) is 0.545. The van der Waals surface area contributed by atoms with Crippen LogP contribution in [0, 0.1) is 11.3 Å². The first-order valence-corrected chi connectivity index (χ1v) is 6.84. The first-order valence-electron chi connectivity index (χ1n) is 5.85. The fourth-order valence-corrected chi connectivity index (χ4v) is 2.59. The van der Waals surface area contributed by atoms with Gasteiger partial charge in [0.05, 0.1) is 12.3 Å². The van der Waals surface area contributed by atoms with Gasteiger partial charge in [-0.15, -0.1) is 0 Å².